The predicted octanol–water partition coefficient (Wildman–Crippen LogP) is 3.33. The molecule has 0 amide bonds. The third kappa shape index (κ3) is 7.03. The second-order valence-electron chi connectivity index (χ2n) is 8.42. The fourth-order valence-corrected chi connectivity index (χ4v) is 4.03. The second kappa shape index (κ2) is 10.9. The molecule has 0 bridgehead atoms. The number of hydrogen-bond donors (Lipinski definition) is 1. The molecule has 1 aliphatic heterocycles. The summed E-state index contributed by atoms with van der Waals surface area (Å²) in [5.41, 5.74) is 2.71. The lowest BCUT2D eigenvalue weighted by Gasteiger charge is -2.35. The molecule has 3 aromatic rings. The van der Waals surface area contributed by atoms with E-state index >= 15 is 0 Å². The molecule has 9 heteroatoms. The third-order valence-corrected chi connectivity index (χ3v) is 5.82. The van der Waals surface area contributed by atoms with Crippen LogP contribution < -0.4 is 15.4 Å². The Bertz CT molecular complexity index is 1260. The third-order valence-electron chi connectivity index (χ3n) is 5.82. The van der Waals surface area contributed by atoms with Gasteiger partial charge in [0.25, 0.3) is 0 Å². The van der Waals surface area contributed by atoms with Crippen LogP contribution in [0.25, 0.3) is 24.2 Å². The van der Waals surface area contributed by atoms with E-state index < -0.39 is 6.36 Å². The first-order chi connectivity index (χ1) is 16.8. The van der Waals surface area contributed by atoms with Gasteiger partial charge >= 0.3 is 6.36 Å². The Morgan fingerprint density at radius 3 is 2.57 bits per heavy atom. The summed E-state index contributed by atoms with van der Waals surface area (Å²) < 4.78 is 41.5. The minimum atomic E-state index is -4.68. The standard InChI is InChI=1S/C26H28F3N5O/c1-3-20(16-24-19(2)31-25(32-24)23-9-4-5-10-30-23)17-33-11-13-34(14-12-33)18-21-7-6-8-22(15-21)35-26(27,28)29/h3-10,15-16H,2,11-14,17-18H2,1H3,(H,31,32)/b20-3+,24-16+. The van der Waals surface area contributed by atoms with Gasteiger partial charge in [0, 0.05) is 45.5 Å². The van der Waals surface area contributed by atoms with Crippen molar-refractivity contribution in [1.82, 2.24) is 24.8 Å². The van der Waals surface area contributed by atoms with Crippen LogP contribution in [0.5, 0.6) is 5.75 Å². The van der Waals surface area contributed by atoms with Crippen LogP contribution in [0.4, 0.5) is 13.2 Å². The lowest BCUT2D eigenvalue weighted by Crippen LogP contribution is -2.46. The fraction of sp³-hybridized carbons (Fsp3) is 0.308. The number of hydrogen-bond acceptors (Lipinski definition) is 5. The zero-order valence-electron chi connectivity index (χ0n) is 19.6. The summed E-state index contributed by atoms with van der Waals surface area (Å²) in [6.07, 6.45) is 1.17. The number of nitrogens with zero attached hydrogens (tertiary/aromatic N) is 4. The number of aromatic amines is 1. The first-order valence-electron chi connectivity index (χ1n) is 11.4. The monoisotopic (exact) mass is 483 g/mol. The quantitative estimate of drug-likeness (QED) is 0.559. The Morgan fingerprint density at radius 1 is 1.11 bits per heavy atom. The number of imidazole rings is 1. The highest BCUT2D eigenvalue weighted by Gasteiger charge is 2.31. The minimum absolute atomic E-state index is 0.184. The van der Waals surface area contributed by atoms with E-state index in [1.54, 1.807) is 12.3 Å². The summed E-state index contributed by atoms with van der Waals surface area (Å²) in [5.74, 6) is 0.506. The highest BCUT2D eigenvalue weighted by Crippen LogP contribution is 2.24. The number of ether oxygens (including phenoxy) is 1. The van der Waals surface area contributed by atoms with Crippen LogP contribution in [0.3, 0.4) is 0 Å². The van der Waals surface area contributed by atoms with E-state index in [0.29, 0.717) is 12.4 Å². The van der Waals surface area contributed by atoms with Crippen molar-refractivity contribution < 1.29 is 17.9 Å². The van der Waals surface area contributed by atoms with Gasteiger partial charge in [-0.2, -0.15) is 0 Å². The zero-order valence-corrected chi connectivity index (χ0v) is 19.6. The van der Waals surface area contributed by atoms with Crippen LogP contribution in [0.1, 0.15) is 12.5 Å². The molecule has 35 heavy (non-hydrogen) atoms. The van der Waals surface area contributed by atoms with Crippen molar-refractivity contribution in [3.8, 4) is 17.3 Å². The maximum Gasteiger partial charge on any atom is 0.573 e. The molecule has 2 aromatic heterocycles. The van der Waals surface area contributed by atoms with Gasteiger partial charge in [0.1, 0.15) is 11.4 Å². The largest absolute Gasteiger partial charge is 0.573 e. The maximum atomic E-state index is 12.5. The van der Waals surface area contributed by atoms with Crippen LogP contribution in [-0.4, -0.2) is 63.8 Å². The summed E-state index contributed by atoms with van der Waals surface area (Å²) in [4.78, 5) is 16.8. The lowest BCUT2D eigenvalue weighted by molar-refractivity contribution is -0.274. The molecule has 0 aliphatic carbocycles. The summed E-state index contributed by atoms with van der Waals surface area (Å²) >= 11 is 0. The topological polar surface area (TPSA) is 57.3 Å². The van der Waals surface area contributed by atoms with Crippen LogP contribution in [0.2, 0.25) is 0 Å². The van der Waals surface area contributed by atoms with Crippen molar-refractivity contribution in [3.63, 3.8) is 0 Å². The van der Waals surface area contributed by atoms with E-state index in [2.05, 4.69) is 42.1 Å². The molecule has 0 atom stereocenters. The molecule has 0 saturated carbocycles. The Morgan fingerprint density at radius 2 is 1.89 bits per heavy atom. The molecule has 0 spiro atoms. The zero-order chi connectivity index (χ0) is 24.8. The smallest absolute Gasteiger partial charge is 0.406 e. The molecule has 0 unspecified atom stereocenters. The first kappa shape index (κ1) is 24.7. The van der Waals surface area contributed by atoms with Crippen molar-refractivity contribution in [2.24, 2.45) is 0 Å². The number of allylic oxidation sites excluding steroid dienone is 1. The summed E-state index contributed by atoms with van der Waals surface area (Å²) in [6, 6.07) is 11.9. The van der Waals surface area contributed by atoms with Gasteiger partial charge < -0.3 is 9.72 Å². The van der Waals surface area contributed by atoms with Gasteiger partial charge in [-0.05, 0) is 48.4 Å². The first-order valence-corrected chi connectivity index (χ1v) is 11.4. The predicted molar refractivity (Wildman–Crippen MR) is 130 cm³/mol. The van der Waals surface area contributed by atoms with Crippen molar-refractivity contribution >= 4 is 12.7 Å². The Balaban J connectivity index is 1.34. The van der Waals surface area contributed by atoms with E-state index in [4.69, 9.17) is 0 Å². The van der Waals surface area contributed by atoms with Crippen LogP contribution in [0, 0.1) is 0 Å². The molecule has 4 rings (SSSR count). The number of aromatic nitrogens is 3. The van der Waals surface area contributed by atoms with Crippen LogP contribution >= 0.6 is 0 Å². The second-order valence-corrected chi connectivity index (χ2v) is 8.42. The molecule has 0 radical (unpaired) electrons. The van der Waals surface area contributed by atoms with Gasteiger partial charge in [-0.15, -0.1) is 13.2 Å². The molecule has 1 fully saturated rings. The van der Waals surface area contributed by atoms with Gasteiger partial charge in [-0.1, -0.05) is 30.9 Å². The van der Waals surface area contributed by atoms with Crippen LogP contribution in [-0.2, 0) is 6.54 Å². The number of benzene rings is 1. The SMILES string of the molecule is C=c1[nH]c(-c2ccccn2)n/c1=C/C(=C\C)CN1CCN(Cc2cccc(OC(F)(F)F)c2)CC1. The number of nitrogens with one attached hydrogen (secondary N) is 1. The Kier molecular flexibility index (Phi) is 7.67. The van der Waals surface area contributed by atoms with E-state index in [1.807, 2.05) is 37.3 Å². The molecule has 184 valence electrons. The molecule has 1 aliphatic rings. The summed E-state index contributed by atoms with van der Waals surface area (Å²) in [6.45, 7) is 10.8. The highest BCUT2D eigenvalue weighted by molar-refractivity contribution is 5.51. The van der Waals surface area contributed by atoms with Crippen molar-refractivity contribution in [3.05, 3.63) is 76.6 Å². The molecular formula is C26H28F3N5O. The van der Waals surface area contributed by atoms with Crippen LogP contribution in [0.15, 0.2) is 60.3 Å². The molecular weight excluding hydrogens is 455 g/mol. The number of rotatable bonds is 7. The van der Waals surface area contributed by atoms with Gasteiger partial charge in [-0.3, -0.25) is 14.8 Å². The van der Waals surface area contributed by atoms with Crippen molar-refractivity contribution in [1.29, 1.82) is 0 Å². The highest BCUT2D eigenvalue weighted by atomic mass is 19.4. The number of piperazine rings is 1. The average molecular weight is 484 g/mol. The molecule has 1 N–H and O–H groups in total. The van der Waals surface area contributed by atoms with E-state index in [0.717, 1.165) is 60.3 Å². The van der Waals surface area contributed by atoms with Crippen molar-refractivity contribution in [2.45, 2.75) is 19.8 Å². The minimum Gasteiger partial charge on any atom is -0.406 e. The van der Waals surface area contributed by atoms with Gasteiger partial charge in [0.2, 0.25) is 0 Å². The number of alkyl halides is 3. The molecule has 1 aromatic carbocycles. The summed E-state index contributed by atoms with van der Waals surface area (Å²) in [7, 11) is 0. The van der Waals surface area contributed by atoms with E-state index in [9.17, 15) is 13.2 Å². The molecule has 3 heterocycles. The van der Waals surface area contributed by atoms with Gasteiger partial charge in [-0.25, -0.2) is 4.98 Å². The van der Waals surface area contributed by atoms with E-state index in [1.165, 1.54) is 12.1 Å². The number of H-pyrrole nitrogens is 1. The molecule has 1 saturated heterocycles. The van der Waals surface area contributed by atoms with Gasteiger partial charge in [0.15, 0.2) is 5.82 Å². The lowest BCUT2D eigenvalue weighted by atomic mass is 10.1. The summed E-state index contributed by atoms with van der Waals surface area (Å²) in [5, 5.41) is 1.53. The fourth-order valence-electron chi connectivity index (χ4n) is 4.03. The van der Waals surface area contributed by atoms with Crippen molar-refractivity contribution in [2.75, 3.05) is 32.7 Å². The Labute approximate surface area is 202 Å². The Hall–Kier alpha value is -3.43. The maximum absolute atomic E-state index is 12.5. The number of halogens is 3. The normalized spacial score (nSPS) is 16.6. The van der Waals surface area contributed by atoms with Gasteiger partial charge in [0.05, 0.1) is 10.7 Å². The molecule has 6 nitrogen and oxygen atoms in total. The number of pyridine rings is 1. The van der Waals surface area contributed by atoms with E-state index in [-0.39, 0.29) is 5.75 Å². The average Bonchev–Trinajstić information content (AvgIpc) is 3.19.